The molecule has 0 aliphatic carbocycles. The quantitative estimate of drug-likeness (QED) is 0.540. The minimum absolute atomic E-state index is 0.688. The molecule has 1 N–H and O–H groups in total. The predicted molar refractivity (Wildman–Crippen MR) is 97.6 cm³/mol. The van der Waals surface area contributed by atoms with Crippen LogP contribution in [0.1, 0.15) is 22.6 Å². The fourth-order valence-corrected chi connectivity index (χ4v) is 3.13. The molecule has 0 aliphatic rings. The molecule has 0 fully saturated rings. The van der Waals surface area contributed by atoms with Gasteiger partial charge >= 0.3 is 0 Å². The lowest BCUT2D eigenvalue weighted by Gasteiger charge is -2.09. The monoisotopic (exact) mass is 348 g/mol. The Balaban J connectivity index is 1.51. The average Bonchev–Trinajstić information content (AvgIpc) is 3.26. The Morgan fingerprint density at radius 1 is 1.12 bits per heavy atom. The number of benzene rings is 1. The molecule has 0 saturated carbocycles. The molecule has 26 heavy (non-hydrogen) atoms. The summed E-state index contributed by atoms with van der Waals surface area (Å²) in [4.78, 5) is 0. The summed E-state index contributed by atoms with van der Waals surface area (Å²) >= 11 is 0. The smallest absolute Gasteiger partial charge is 0.183 e. The molecule has 3 heterocycles. The van der Waals surface area contributed by atoms with Crippen molar-refractivity contribution in [2.75, 3.05) is 6.54 Å². The number of hydrogen-bond donors (Lipinski definition) is 1. The molecule has 3 aromatic heterocycles. The lowest BCUT2D eigenvalue weighted by atomic mass is 10.1. The maximum Gasteiger partial charge on any atom is 0.183 e. The van der Waals surface area contributed by atoms with Gasteiger partial charge in [0.1, 0.15) is 5.76 Å². The van der Waals surface area contributed by atoms with Crippen molar-refractivity contribution in [1.82, 2.24) is 30.5 Å². The van der Waals surface area contributed by atoms with Crippen molar-refractivity contribution >= 4 is 5.65 Å². The van der Waals surface area contributed by atoms with E-state index in [1.807, 2.05) is 38.2 Å². The molecule has 132 valence electrons. The number of nitrogens with one attached hydrogen (secondary N) is 1. The molecule has 1 aromatic carbocycles. The summed E-state index contributed by atoms with van der Waals surface area (Å²) in [5.74, 6) is 0.888. The Labute approximate surface area is 151 Å². The highest BCUT2D eigenvalue weighted by Crippen LogP contribution is 2.21. The normalized spacial score (nSPS) is 11.3. The highest BCUT2D eigenvalue weighted by atomic mass is 16.5. The van der Waals surface area contributed by atoms with Gasteiger partial charge in [0.25, 0.3) is 0 Å². The zero-order valence-electron chi connectivity index (χ0n) is 14.8. The van der Waals surface area contributed by atoms with Crippen molar-refractivity contribution in [3.63, 3.8) is 0 Å². The van der Waals surface area contributed by atoms with Gasteiger partial charge in [-0.25, -0.2) is 0 Å². The number of rotatable bonds is 6. The third kappa shape index (κ3) is 3.21. The lowest BCUT2D eigenvalue weighted by molar-refractivity contribution is 0.392. The molecule has 0 radical (unpaired) electrons. The highest BCUT2D eigenvalue weighted by Gasteiger charge is 2.10. The third-order valence-corrected chi connectivity index (χ3v) is 4.53. The second-order valence-corrected chi connectivity index (χ2v) is 6.30. The minimum Gasteiger partial charge on any atom is -0.361 e. The Kier molecular flexibility index (Phi) is 4.45. The fraction of sp³-hybridized carbons (Fsp3) is 0.263. The molecule has 7 heteroatoms. The van der Waals surface area contributed by atoms with E-state index < -0.39 is 0 Å². The number of fused-ring (bicyclic) bond motifs is 1. The van der Waals surface area contributed by atoms with Gasteiger partial charge < -0.3 is 9.84 Å². The van der Waals surface area contributed by atoms with Gasteiger partial charge in [0.15, 0.2) is 5.65 Å². The van der Waals surface area contributed by atoms with Crippen molar-refractivity contribution in [2.24, 2.45) is 0 Å². The number of hydrogen-bond acceptors (Lipinski definition) is 6. The van der Waals surface area contributed by atoms with Crippen molar-refractivity contribution in [1.29, 1.82) is 0 Å². The SMILES string of the molecule is Cc1noc(C)c1CCNCc1cc(-c2ccccc2)cn2nnnc12. The molecule has 4 aromatic rings. The summed E-state index contributed by atoms with van der Waals surface area (Å²) in [5.41, 5.74) is 6.20. The molecule has 0 aliphatic heterocycles. The van der Waals surface area contributed by atoms with E-state index in [0.29, 0.717) is 6.54 Å². The summed E-state index contributed by atoms with van der Waals surface area (Å²) in [5, 5.41) is 19.5. The van der Waals surface area contributed by atoms with Crippen molar-refractivity contribution in [3.05, 3.63) is 65.2 Å². The molecule has 4 rings (SSSR count). The van der Waals surface area contributed by atoms with Crippen LogP contribution < -0.4 is 5.32 Å². The largest absolute Gasteiger partial charge is 0.361 e. The maximum atomic E-state index is 5.21. The number of aromatic nitrogens is 5. The van der Waals surface area contributed by atoms with Crippen LogP contribution in [0.15, 0.2) is 47.1 Å². The van der Waals surface area contributed by atoms with E-state index in [1.165, 1.54) is 5.56 Å². The fourth-order valence-electron chi connectivity index (χ4n) is 3.13. The third-order valence-electron chi connectivity index (χ3n) is 4.53. The molecule has 0 bridgehead atoms. The standard InChI is InChI=1S/C19H20N6O/c1-13-18(14(2)26-22-13)8-9-20-11-16-10-17(15-6-4-3-5-7-15)12-25-19(16)21-23-24-25/h3-7,10,12,20H,8-9,11H2,1-2H3. The first-order chi connectivity index (χ1) is 12.7. The molecule has 0 atom stereocenters. The topological polar surface area (TPSA) is 81.1 Å². The van der Waals surface area contributed by atoms with Gasteiger partial charge in [-0.3, -0.25) is 0 Å². The Morgan fingerprint density at radius 3 is 2.73 bits per heavy atom. The van der Waals surface area contributed by atoms with Gasteiger partial charge in [0, 0.05) is 29.4 Å². The van der Waals surface area contributed by atoms with Crippen molar-refractivity contribution < 1.29 is 4.52 Å². The van der Waals surface area contributed by atoms with Gasteiger partial charge in [0.05, 0.1) is 5.69 Å². The molecular weight excluding hydrogens is 328 g/mol. The lowest BCUT2D eigenvalue weighted by Crippen LogP contribution is -2.18. The molecule has 0 spiro atoms. The van der Waals surface area contributed by atoms with E-state index >= 15 is 0 Å². The number of nitrogens with zero attached hydrogens (tertiary/aromatic N) is 5. The molecule has 0 amide bonds. The number of pyridine rings is 1. The first-order valence-electron chi connectivity index (χ1n) is 8.61. The zero-order valence-corrected chi connectivity index (χ0v) is 14.8. The zero-order chi connectivity index (χ0) is 17.9. The van der Waals surface area contributed by atoms with Gasteiger partial charge in [-0.2, -0.15) is 4.52 Å². The summed E-state index contributed by atoms with van der Waals surface area (Å²) in [7, 11) is 0. The second kappa shape index (κ2) is 7.05. The Bertz CT molecular complexity index is 1000. The second-order valence-electron chi connectivity index (χ2n) is 6.30. The van der Waals surface area contributed by atoms with Crippen LogP contribution in [0.25, 0.3) is 16.8 Å². The summed E-state index contributed by atoms with van der Waals surface area (Å²) in [6, 6.07) is 12.4. The minimum atomic E-state index is 0.688. The van der Waals surface area contributed by atoms with E-state index in [4.69, 9.17) is 4.52 Å². The number of tetrazole rings is 1. The first kappa shape index (κ1) is 16.4. The highest BCUT2D eigenvalue weighted by molar-refractivity contribution is 5.66. The molecule has 0 unspecified atom stereocenters. The maximum absolute atomic E-state index is 5.21. The molecule has 0 saturated heterocycles. The molecule has 7 nitrogen and oxygen atoms in total. The van der Waals surface area contributed by atoms with Gasteiger partial charge in [-0.15, -0.1) is 5.10 Å². The van der Waals surface area contributed by atoms with E-state index in [-0.39, 0.29) is 0 Å². The van der Waals surface area contributed by atoms with E-state index in [9.17, 15) is 0 Å². The predicted octanol–water partition coefficient (Wildman–Crippen LogP) is 2.73. The summed E-state index contributed by atoms with van der Waals surface area (Å²) in [6.07, 6.45) is 2.83. The molecular formula is C19H20N6O. The van der Waals surface area contributed by atoms with Gasteiger partial charge in [0.2, 0.25) is 0 Å². The van der Waals surface area contributed by atoms with Crippen molar-refractivity contribution in [2.45, 2.75) is 26.8 Å². The van der Waals surface area contributed by atoms with Gasteiger partial charge in [-0.1, -0.05) is 35.5 Å². The number of aryl methyl sites for hydroxylation is 2. The van der Waals surface area contributed by atoms with Crippen LogP contribution in [-0.2, 0) is 13.0 Å². The Hall–Kier alpha value is -3.06. The summed E-state index contributed by atoms with van der Waals surface area (Å²) in [6.45, 7) is 5.44. The van der Waals surface area contributed by atoms with Crippen LogP contribution in [0.2, 0.25) is 0 Å². The van der Waals surface area contributed by atoms with Crippen LogP contribution in [0, 0.1) is 13.8 Å². The van der Waals surface area contributed by atoms with Crippen LogP contribution in [0.5, 0.6) is 0 Å². The Morgan fingerprint density at radius 2 is 1.96 bits per heavy atom. The van der Waals surface area contributed by atoms with Crippen LogP contribution in [0.4, 0.5) is 0 Å². The van der Waals surface area contributed by atoms with Crippen molar-refractivity contribution in [3.8, 4) is 11.1 Å². The van der Waals surface area contributed by atoms with Crippen LogP contribution >= 0.6 is 0 Å². The van der Waals surface area contributed by atoms with E-state index in [0.717, 1.165) is 46.8 Å². The first-order valence-corrected chi connectivity index (χ1v) is 8.61. The van der Waals surface area contributed by atoms with E-state index in [1.54, 1.807) is 4.52 Å². The summed E-state index contributed by atoms with van der Waals surface area (Å²) < 4.78 is 6.94. The average molecular weight is 348 g/mol. The van der Waals surface area contributed by atoms with Crippen LogP contribution in [0.3, 0.4) is 0 Å². The van der Waals surface area contributed by atoms with E-state index in [2.05, 4.69) is 44.2 Å². The van der Waals surface area contributed by atoms with Gasteiger partial charge in [-0.05, 0) is 48.9 Å². The van der Waals surface area contributed by atoms with Crippen LogP contribution in [-0.4, -0.2) is 31.7 Å².